The zero-order valence-electron chi connectivity index (χ0n) is 10.5. The van der Waals surface area contributed by atoms with Crippen LogP contribution in [0.25, 0.3) is 0 Å². The second kappa shape index (κ2) is 4.04. The molecule has 0 aromatic heterocycles. The standard InChI is InChI=1S/C12H25NO2/c1-10(2)6-5-7-12(14,8-10)11(3,13)9-15-4/h14H,5-9,13H2,1-4H3. The van der Waals surface area contributed by atoms with Crippen molar-refractivity contribution < 1.29 is 9.84 Å². The Morgan fingerprint density at radius 1 is 1.40 bits per heavy atom. The van der Waals surface area contributed by atoms with Crippen LogP contribution >= 0.6 is 0 Å². The highest BCUT2D eigenvalue weighted by molar-refractivity contribution is 5.05. The molecule has 0 spiro atoms. The van der Waals surface area contributed by atoms with Gasteiger partial charge in [-0.2, -0.15) is 0 Å². The number of ether oxygens (including phenoxy) is 1. The summed E-state index contributed by atoms with van der Waals surface area (Å²) in [6, 6.07) is 0. The van der Waals surface area contributed by atoms with Crippen molar-refractivity contribution in [3.8, 4) is 0 Å². The monoisotopic (exact) mass is 215 g/mol. The maximum absolute atomic E-state index is 10.7. The zero-order valence-corrected chi connectivity index (χ0v) is 10.5. The molecule has 1 fully saturated rings. The first-order chi connectivity index (χ1) is 6.72. The molecule has 0 aromatic carbocycles. The van der Waals surface area contributed by atoms with Crippen LogP contribution in [0.2, 0.25) is 0 Å². The maximum Gasteiger partial charge on any atom is 0.0851 e. The molecule has 0 saturated heterocycles. The van der Waals surface area contributed by atoms with E-state index < -0.39 is 11.1 Å². The quantitative estimate of drug-likeness (QED) is 0.753. The summed E-state index contributed by atoms with van der Waals surface area (Å²) in [6.45, 7) is 6.68. The Balaban J connectivity index is 2.81. The lowest BCUT2D eigenvalue weighted by molar-refractivity contribution is -0.108. The first-order valence-corrected chi connectivity index (χ1v) is 5.73. The molecular weight excluding hydrogens is 190 g/mol. The van der Waals surface area contributed by atoms with Crippen LogP contribution < -0.4 is 5.73 Å². The molecule has 0 amide bonds. The largest absolute Gasteiger partial charge is 0.388 e. The summed E-state index contributed by atoms with van der Waals surface area (Å²) in [7, 11) is 1.63. The lowest BCUT2D eigenvalue weighted by Crippen LogP contribution is -2.63. The third-order valence-corrected chi connectivity index (χ3v) is 3.72. The molecule has 90 valence electrons. The van der Waals surface area contributed by atoms with Gasteiger partial charge < -0.3 is 15.6 Å². The molecule has 0 aromatic rings. The van der Waals surface area contributed by atoms with E-state index in [0.29, 0.717) is 6.61 Å². The second-order valence-electron chi connectivity index (χ2n) is 6.08. The van der Waals surface area contributed by atoms with E-state index in [4.69, 9.17) is 10.5 Å². The van der Waals surface area contributed by atoms with Crippen LogP contribution in [0, 0.1) is 5.41 Å². The molecule has 3 nitrogen and oxygen atoms in total. The Morgan fingerprint density at radius 2 is 2.00 bits per heavy atom. The Hall–Kier alpha value is -0.120. The van der Waals surface area contributed by atoms with E-state index in [1.54, 1.807) is 7.11 Å². The summed E-state index contributed by atoms with van der Waals surface area (Å²) >= 11 is 0. The zero-order chi connectivity index (χ0) is 11.7. The molecule has 0 radical (unpaired) electrons. The number of nitrogens with two attached hydrogens (primary N) is 1. The van der Waals surface area contributed by atoms with Gasteiger partial charge in [0, 0.05) is 7.11 Å². The van der Waals surface area contributed by atoms with Gasteiger partial charge in [-0.25, -0.2) is 0 Å². The fraction of sp³-hybridized carbons (Fsp3) is 1.00. The highest BCUT2D eigenvalue weighted by Gasteiger charge is 2.49. The summed E-state index contributed by atoms with van der Waals surface area (Å²) in [4.78, 5) is 0. The first kappa shape index (κ1) is 12.9. The third kappa shape index (κ3) is 2.71. The molecule has 1 rings (SSSR count). The predicted octanol–water partition coefficient (Wildman–Crippen LogP) is 1.68. The Kier molecular flexibility index (Phi) is 3.49. The molecule has 1 aliphatic rings. The van der Waals surface area contributed by atoms with Gasteiger partial charge in [-0.1, -0.05) is 13.8 Å². The minimum absolute atomic E-state index is 0.182. The van der Waals surface area contributed by atoms with Crippen molar-refractivity contribution in [2.75, 3.05) is 13.7 Å². The van der Waals surface area contributed by atoms with E-state index in [1.807, 2.05) is 6.92 Å². The van der Waals surface area contributed by atoms with Crippen molar-refractivity contribution in [1.82, 2.24) is 0 Å². The van der Waals surface area contributed by atoms with Crippen LogP contribution in [0.5, 0.6) is 0 Å². The molecule has 2 unspecified atom stereocenters. The van der Waals surface area contributed by atoms with Crippen molar-refractivity contribution in [2.24, 2.45) is 11.1 Å². The molecular formula is C12H25NO2. The average Bonchev–Trinajstić information content (AvgIpc) is 2.00. The fourth-order valence-corrected chi connectivity index (χ4v) is 2.75. The Labute approximate surface area is 93.0 Å². The van der Waals surface area contributed by atoms with E-state index in [0.717, 1.165) is 19.3 Å². The van der Waals surface area contributed by atoms with Crippen LogP contribution in [-0.2, 0) is 4.74 Å². The van der Waals surface area contributed by atoms with Crippen molar-refractivity contribution in [3.63, 3.8) is 0 Å². The van der Waals surface area contributed by atoms with E-state index >= 15 is 0 Å². The lowest BCUT2D eigenvalue weighted by atomic mass is 9.63. The first-order valence-electron chi connectivity index (χ1n) is 5.73. The molecule has 2 atom stereocenters. The van der Waals surface area contributed by atoms with Gasteiger partial charge in [0.25, 0.3) is 0 Å². The van der Waals surface area contributed by atoms with E-state index in [1.165, 1.54) is 6.42 Å². The molecule has 1 aliphatic carbocycles. The molecule has 15 heavy (non-hydrogen) atoms. The second-order valence-corrected chi connectivity index (χ2v) is 6.08. The molecule has 0 bridgehead atoms. The van der Waals surface area contributed by atoms with Gasteiger partial charge in [-0.3, -0.25) is 0 Å². The maximum atomic E-state index is 10.7. The summed E-state index contributed by atoms with van der Waals surface area (Å²) in [5.41, 5.74) is 4.92. The van der Waals surface area contributed by atoms with Crippen LogP contribution in [0.1, 0.15) is 46.5 Å². The van der Waals surface area contributed by atoms with Gasteiger partial charge >= 0.3 is 0 Å². The van der Waals surface area contributed by atoms with Crippen molar-refractivity contribution >= 4 is 0 Å². The Morgan fingerprint density at radius 3 is 2.47 bits per heavy atom. The highest BCUT2D eigenvalue weighted by Crippen LogP contribution is 2.44. The van der Waals surface area contributed by atoms with Crippen LogP contribution in [-0.4, -0.2) is 30.0 Å². The molecule has 3 heteroatoms. The number of hydrogen-bond donors (Lipinski definition) is 2. The Bertz CT molecular complexity index is 226. The minimum Gasteiger partial charge on any atom is -0.388 e. The number of rotatable bonds is 3. The van der Waals surface area contributed by atoms with Crippen LogP contribution in [0.4, 0.5) is 0 Å². The van der Waals surface area contributed by atoms with Crippen molar-refractivity contribution in [3.05, 3.63) is 0 Å². The minimum atomic E-state index is -0.787. The van der Waals surface area contributed by atoms with E-state index in [-0.39, 0.29) is 5.41 Å². The predicted molar refractivity (Wildman–Crippen MR) is 61.7 cm³/mol. The smallest absolute Gasteiger partial charge is 0.0851 e. The topological polar surface area (TPSA) is 55.5 Å². The third-order valence-electron chi connectivity index (χ3n) is 3.72. The fourth-order valence-electron chi connectivity index (χ4n) is 2.75. The van der Waals surface area contributed by atoms with Crippen LogP contribution in [0.15, 0.2) is 0 Å². The SMILES string of the molecule is COCC(C)(N)C1(O)CCCC(C)(C)C1. The van der Waals surface area contributed by atoms with Crippen molar-refractivity contribution in [2.45, 2.75) is 57.6 Å². The molecule has 1 saturated carbocycles. The summed E-state index contributed by atoms with van der Waals surface area (Å²) < 4.78 is 5.11. The van der Waals surface area contributed by atoms with Gasteiger partial charge in [-0.15, -0.1) is 0 Å². The lowest BCUT2D eigenvalue weighted by Gasteiger charge is -2.49. The normalized spacial score (nSPS) is 34.8. The molecule has 0 aliphatic heterocycles. The van der Waals surface area contributed by atoms with E-state index in [9.17, 15) is 5.11 Å². The van der Waals surface area contributed by atoms with Gasteiger partial charge in [-0.05, 0) is 38.0 Å². The van der Waals surface area contributed by atoms with E-state index in [2.05, 4.69) is 13.8 Å². The summed E-state index contributed by atoms with van der Waals surface area (Å²) in [5, 5.41) is 10.7. The van der Waals surface area contributed by atoms with Crippen molar-refractivity contribution in [1.29, 1.82) is 0 Å². The number of aliphatic hydroxyl groups is 1. The number of methoxy groups -OCH3 is 1. The van der Waals surface area contributed by atoms with Gasteiger partial charge in [0.2, 0.25) is 0 Å². The molecule has 3 N–H and O–H groups in total. The highest BCUT2D eigenvalue weighted by atomic mass is 16.5. The van der Waals surface area contributed by atoms with Gasteiger partial charge in [0.1, 0.15) is 0 Å². The van der Waals surface area contributed by atoms with Crippen LogP contribution in [0.3, 0.4) is 0 Å². The summed E-state index contributed by atoms with van der Waals surface area (Å²) in [5.74, 6) is 0. The molecule has 0 heterocycles. The van der Waals surface area contributed by atoms with Gasteiger partial charge in [0.15, 0.2) is 0 Å². The number of hydrogen-bond acceptors (Lipinski definition) is 3. The summed E-state index contributed by atoms with van der Waals surface area (Å²) in [6.07, 6.45) is 3.75. The average molecular weight is 215 g/mol. The van der Waals surface area contributed by atoms with Gasteiger partial charge in [0.05, 0.1) is 17.7 Å².